The van der Waals surface area contributed by atoms with Crippen LogP contribution in [0.2, 0.25) is 5.02 Å². The van der Waals surface area contributed by atoms with E-state index in [0.717, 1.165) is 21.6 Å². The molecule has 0 radical (unpaired) electrons. The summed E-state index contributed by atoms with van der Waals surface area (Å²) in [6.45, 7) is 2.82. The maximum absolute atomic E-state index is 13.8. The molecule has 0 aliphatic rings. The molecule has 114 valence electrons. The summed E-state index contributed by atoms with van der Waals surface area (Å²) in [4.78, 5) is 0.961. The van der Waals surface area contributed by atoms with E-state index in [4.69, 9.17) is 11.6 Å². The molecule has 1 heterocycles. The van der Waals surface area contributed by atoms with Crippen LogP contribution >= 0.6 is 38.9 Å². The van der Waals surface area contributed by atoms with E-state index in [2.05, 4.69) is 21.2 Å². The molecule has 0 saturated heterocycles. The number of halogens is 4. The van der Waals surface area contributed by atoms with Crippen molar-refractivity contribution in [1.29, 1.82) is 0 Å². The zero-order valence-corrected chi connectivity index (χ0v) is 14.6. The van der Waals surface area contributed by atoms with Gasteiger partial charge in [-0.15, -0.1) is 11.3 Å². The largest absolute Gasteiger partial charge is 0.309 e. The molecule has 1 atom stereocenters. The fourth-order valence-corrected chi connectivity index (χ4v) is 3.88. The Labute approximate surface area is 140 Å². The maximum atomic E-state index is 13.8. The Morgan fingerprint density at radius 1 is 1.33 bits per heavy atom. The van der Waals surface area contributed by atoms with Gasteiger partial charge in [0.15, 0.2) is 0 Å². The van der Waals surface area contributed by atoms with E-state index >= 15 is 0 Å². The van der Waals surface area contributed by atoms with E-state index in [0.29, 0.717) is 5.02 Å². The first-order valence-corrected chi connectivity index (χ1v) is 8.62. The van der Waals surface area contributed by atoms with Crippen molar-refractivity contribution in [3.05, 3.63) is 55.1 Å². The SMILES string of the molecule is CCCNC(Cc1c(F)cccc1F)c1cc(Cl)c(Br)s1. The average Bonchev–Trinajstić information content (AvgIpc) is 2.77. The Kier molecular flexibility index (Phi) is 6.17. The smallest absolute Gasteiger partial charge is 0.129 e. The van der Waals surface area contributed by atoms with E-state index in [1.807, 2.05) is 13.0 Å². The third-order valence-electron chi connectivity index (χ3n) is 3.12. The topological polar surface area (TPSA) is 12.0 Å². The minimum Gasteiger partial charge on any atom is -0.309 e. The summed E-state index contributed by atoms with van der Waals surface area (Å²) < 4.78 is 28.5. The van der Waals surface area contributed by atoms with Crippen LogP contribution in [0.3, 0.4) is 0 Å². The van der Waals surface area contributed by atoms with Crippen molar-refractivity contribution in [3.63, 3.8) is 0 Å². The molecule has 0 spiro atoms. The van der Waals surface area contributed by atoms with Gasteiger partial charge in [-0.1, -0.05) is 24.6 Å². The molecule has 1 nitrogen and oxygen atoms in total. The van der Waals surface area contributed by atoms with Crippen LogP contribution in [-0.2, 0) is 6.42 Å². The second-order valence-corrected chi connectivity index (χ2v) is 7.49. The average molecular weight is 395 g/mol. The van der Waals surface area contributed by atoms with Crippen LogP contribution in [0.1, 0.15) is 29.8 Å². The van der Waals surface area contributed by atoms with Gasteiger partial charge in [0.2, 0.25) is 0 Å². The van der Waals surface area contributed by atoms with Gasteiger partial charge in [0.05, 0.1) is 8.81 Å². The van der Waals surface area contributed by atoms with Crippen molar-refractivity contribution < 1.29 is 8.78 Å². The summed E-state index contributed by atoms with van der Waals surface area (Å²) >= 11 is 10.9. The lowest BCUT2D eigenvalue weighted by Gasteiger charge is -2.18. The molecular formula is C15H15BrClF2NS. The van der Waals surface area contributed by atoms with Gasteiger partial charge in [-0.3, -0.25) is 0 Å². The van der Waals surface area contributed by atoms with Gasteiger partial charge in [0, 0.05) is 16.5 Å². The van der Waals surface area contributed by atoms with Gasteiger partial charge in [-0.25, -0.2) is 8.78 Å². The molecule has 1 aromatic carbocycles. The minimum absolute atomic E-state index is 0.103. The molecule has 1 N–H and O–H groups in total. The summed E-state index contributed by atoms with van der Waals surface area (Å²) in [5.41, 5.74) is 0.103. The van der Waals surface area contributed by atoms with E-state index in [9.17, 15) is 8.78 Å². The van der Waals surface area contributed by atoms with Crippen molar-refractivity contribution in [2.24, 2.45) is 0 Å². The number of rotatable bonds is 6. The second kappa shape index (κ2) is 7.68. The quantitative estimate of drug-likeness (QED) is 0.660. The Morgan fingerprint density at radius 2 is 2.00 bits per heavy atom. The first-order chi connectivity index (χ1) is 10.0. The minimum atomic E-state index is -0.514. The summed E-state index contributed by atoms with van der Waals surface area (Å²) in [5.74, 6) is -1.03. The molecule has 0 fully saturated rings. The lowest BCUT2D eigenvalue weighted by molar-refractivity contribution is 0.494. The van der Waals surface area contributed by atoms with Crippen LogP contribution in [0.25, 0.3) is 0 Å². The van der Waals surface area contributed by atoms with E-state index in [1.54, 1.807) is 0 Å². The van der Waals surface area contributed by atoms with Gasteiger partial charge in [-0.2, -0.15) is 0 Å². The second-order valence-electron chi connectivity index (χ2n) is 4.68. The Hall–Kier alpha value is -0.490. The van der Waals surface area contributed by atoms with E-state index in [1.165, 1.54) is 29.5 Å². The van der Waals surface area contributed by atoms with E-state index in [-0.39, 0.29) is 18.0 Å². The number of benzene rings is 1. The molecule has 1 unspecified atom stereocenters. The van der Waals surface area contributed by atoms with Crippen molar-refractivity contribution in [2.45, 2.75) is 25.8 Å². The van der Waals surface area contributed by atoms with Crippen LogP contribution in [-0.4, -0.2) is 6.54 Å². The molecule has 0 saturated carbocycles. The highest BCUT2D eigenvalue weighted by Gasteiger charge is 2.19. The summed E-state index contributed by atoms with van der Waals surface area (Å²) in [6, 6.07) is 5.62. The van der Waals surface area contributed by atoms with Gasteiger partial charge >= 0.3 is 0 Å². The molecule has 0 bridgehead atoms. The summed E-state index contributed by atoms with van der Waals surface area (Å²) in [7, 11) is 0. The molecule has 0 aliphatic carbocycles. The zero-order chi connectivity index (χ0) is 15.4. The zero-order valence-electron chi connectivity index (χ0n) is 11.4. The molecule has 0 amide bonds. The predicted molar refractivity (Wildman–Crippen MR) is 88.1 cm³/mol. The number of hydrogen-bond donors (Lipinski definition) is 1. The molecule has 0 aliphatic heterocycles. The first-order valence-electron chi connectivity index (χ1n) is 6.64. The first kappa shape index (κ1) is 16.9. The van der Waals surface area contributed by atoms with Crippen molar-refractivity contribution in [2.75, 3.05) is 6.54 Å². The van der Waals surface area contributed by atoms with Crippen LogP contribution < -0.4 is 5.32 Å². The Bertz CT molecular complexity index is 578. The van der Waals surface area contributed by atoms with Gasteiger partial charge in [-0.05, 0) is 53.5 Å². The standard InChI is InChI=1S/C15H15BrClF2NS/c1-2-6-20-13(14-8-10(17)15(16)21-14)7-9-11(18)4-3-5-12(9)19/h3-5,8,13,20H,2,6-7H2,1H3. The summed E-state index contributed by atoms with van der Waals surface area (Å²) in [6.07, 6.45) is 1.19. The van der Waals surface area contributed by atoms with Crippen molar-refractivity contribution in [1.82, 2.24) is 5.32 Å². The van der Waals surface area contributed by atoms with Crippen molar-refractivity contribution >= 4 is 38.9 Å². The van der Waals surface area contributed by atoms with Crippen LogP contribution in [0, 0.1) is 11.6 Å². The predicted octanol–water partition coefficient (Wildman–Crippen LogP) is 5.73. The Balaban J connectivity index is 2.28. The molecular weight excluding hydrogens is 380 g/mol. The lowest BCUT2D eigenvalue weighted by atomic mass is 10.0. The number of nitrogens with one attached hydrogen (secondary N) is 1. The molecule has 1 aromatic heterocycles. The fourth-order valence-electron chi connectivity index (χ4n) is 2.06. The van der Waals surface area contributed by atoms with Gasteiger partial charge in [0.25, 0.3) is 0 Å². The highest BCUT2D eigenvalue weighted by Crippen LogP contribution is 2.36. The fraction of sp³-hybridized carbons (Fsp3) is 0.333. The summed E-state index contributed by atoms with van der Waals surface area (Å²) in [5, 5.41) is 3.94. The molecule has 2 rings (SSSR count). The third kappa shape index (κ3) is 4.25. The highest BCUT2D eigenvalue weighted by molar-refractivity contribution is 9.11. The number of thiophene rings is 1. The van der Waals surface area contributed by atoms with Crippen LogP contribution in [0.4, 0.5) is 8.78 Å². The Morgan fingerprint density at radius 3 is 2.52 bits per heavy atom. The molecule has 21 heavy (non-hydrogen) atoms. The molecule has 6 heteroatoms. The van der Waals surface area contributed by atoms with Crippen molar-refractivity contribution in [3.8, 4) is 0 Å². The highest BCUT2D eigenvalue weighted by atomic mass is 79.9. The normalized spacial score (nSPS) is 12.6. The van der Waals surface area contributed by atoms with Crippen LogP contribution in [0.15, 0.2) is 28.1 Å². The van der Waals surface area contributed by atoms with Gasteiger partial charge in [0.1, 0.15) is 11.6 Å². The number of hydrogen-bond acceptors (Lipinski definition) is 2. The van der Waals surface area contributed by atoms with Crippen LogP contribution in [0.5, 0.6) is 0 Å². The molecule has 2 aromatic rings. The maximum Gasteiger partial charge on any atom is 0.129 e. The monoisotopic (exact) mass is 393 g/mol. The van der Waals surface area contributed by atoms with E-state index < -0.39 is 11.6 Å². The van der Waals surface area contributed by atoms with Gasteiger partial charge < -0.3 is 5.32 Å². The lowest BCUT2D eigenvalue weighted by Crippen LogP contribution is -2.24. The third-order valence-corrected chi connectivity index (χ3v) is 5.71.